The first-order valence-corrected chi connectivity index (χ1v) is 10.4. The van der Waals surface area contributed by atoms with Gasteiger partial charge < -0.3 is 10.1 Å². The Hall–Kier alpha value is -1.55. The molecule has 2 aromatic carbocycles. The highest BCUT2D eigenvalue weighted by atomic mass is 35.5. The number of halogens is 2. The number of unbranched alkanes of at least 4 members (excludes halogenated alkanes) is 3. The number of rotatable bonds is 11. The first-order valence-electron chi connectivity index (χ1n) is 9.60. The normalized spacial score (nSPS) is 11.0. The maximum atomic E-state index is 11.3. The van der Waals surface area contributed by atoms with Crippen LogP contribution in [0.5, 0.6) is 0 Å². The molecule has 0 atom stereocenters. The van der Waals surface area contributed by atoms with Crippen LogP contribution in [-0.2, 0) is 9.53 Å². The van der Waals surface area contributed by atoms with E-state index in [0.29, 0.717) is 13.0 Å². The predicted octanol–water partition coefficient (Wildman–Crippen LogP) is 5.16. The zero-order valence-corrected chi connectivity index (χ0v) is 17.3. The monoisotopic (exact) mass is 408 g/mol. The standard InChI is InChI=1S/C22H27Cl2NO2/c1-2-27-21(26)7-5-3-4-6-16-25-22(17-8-12-19(23)13-9-17)18-10-14-20(24)15-11-18/h8-15,22,25H,2-7,16H2,1H3/p+1. The zero-order valence-electron chi connectivity index (χ0n) is 15.8. The van der Waals surface area contributed by atoms with Gasteiger partial charge in [0.05, 0.1) is 13.2 Å². The van der Waals surface area contributed by atoms with E-state index in [2.05, 4.69) is 29.6 Å². The Balaban J connectivity index is 1.83. The number of carbonyl (C=O) groups excluding carboxylic acids is 1. The van der Waals surface area contributed by atoms with Gasteiger partial charge in [0.1, 0.15) is 6.04 Å². The summed E-state index contributed by atoms with van der Waals surface area (Å²) >= 11 is 12.1. The molecule has 0 bridgehead atoms. The van der Waals surface area contributed by atoms with Crippen molar-refractivity contribution < 1.29 is 14.8 Å². The predicted molar refractivity (Wildman–Crippen MR) is 111 cm³/mol. The third kappa shape index (κ3) is 7.92. The molecule has 146 valence electrons. The van der Waals surface area contributed by atoms with E-state index in [0.717, 1.165) is 42.3 Å². The molecule has 2 rings (SSSR count). The van der Waals surface area contributed by atoms with E-state index in [1.54, 1.807) is 0 Å². The lowest BCUT2D eigenvalue weighted by Crippen LogP contribution is -2.85. The van der Waals surface area contributed by atoms with Crippen molar-refractivity contribution in [1.29, 1.82) is 0 Å². The van der Waals surface area contributed by atoms with E-state index in [9.17, 15) is 4.79 Å². The van der Waals surface area contributed by atoms with Gasteiger partial charge in [-0.05, 0) is 50.5 Å². The van der Waals surface area contributed by atoms with Crippen molar-refractivity contribution in [2.24, 2.45) is 0 Å². The van der Waals surface area contributed by atoms with Gasteiger partial charge in [-0.15, -0.1) is 0 Å². The van der Waals surface area contributed by atoms with Crippen molar-refractivity contribution in [2.45, 2.75) is 45.1 Å². The number of ether oxygens (including phenoxy) is 1. The Morgan fingerprint density at radius 3 is 1.93 bits per heavy atom. The van der Waals surface area contributed by atoms with Crippen LogP contribution in [0.1, 0.15) is 56.2 Å². The minimum absolute atomic E-state index is 0.0883. The Kier molecular flexibility index (Phi) is 9.68. The quantitative estimate of drug-likeness (QED) is 0.412. The van der Waals surface area contributed by atoms with Crippen molar-refractivity contribution in [2.75, 3.05) is 13.2 Å². The van der Waals surface area contributed by atoms with Crippen LogP contribution in [0.3, 0.4) is 0 Å². The first-order chi connectivity index (χ1) is 13.1. The maximum absolute atomic E-state index is 11.3. The van der Waals surface area contributed by atoms with E-state index >= 15 is 0 Å². The molecule has 5 heteroatoms. The Morgan fingerprint density at radius 2 is 1.41 bits per heavy atom. The molecule has 3 nitrogen and oxygen atoms in total. The van der Waals surface area contributed by atoms with Gasteiger partial charge in [-0.3, -0.25) is 4.79 Å². The molecule has 0 radical (unpaired) electrons. The lowest BCUT2D eigenvalue weighted by molar-refractivity contribution is -0.687. The van der Waals surface area contributed by atoms with Crippen LogP contribution >= 0.6 is 23.2 Å². The summed E-state index contributed by atoms with van der Waals surface area (Å²) in [6, 6.07) is 16.3. The molecule has 0 aliphatic carbocycles. The molecule has 27 heavy (non-hydrogen) atoms. The first kappa shape index (κ1) is 21.7. The van der Waals surface area contributed by atoms with Crippen molar-refractivity contribution in [3.8, 4) is 0 Å². The van der Waals surface area contributed by atoms with Crippen LogP contribution < -0.4 is 5.32 Å². The molecule has 0 saturated carbocycles. The molecule has 0 spiro atoms. The average Bonchev–Trinajstić information content (AvgIpc) is 2.66. The summed E-state index contributed by atoms with van der Waals surface area (Å²) in [5, 5.41) is 3.85. The van der Waals surface area contributed by atoms with Crippen LogP contribution in [0.25, 0.3) is 0 Å². The summed E-state index contributed by atoms with van der Waals surface area (Å²) in [5.41, 5.74) is 2.45. The molecule has 0 fully saturated rings. The summed E-state index contributed by atoms with van der Waals surface area (Å²) in [6.07, 6.45) is 4.70. The van der Waals surface area contributed by atoms with Gasteiger partial charge in [-0.1, -0.05) is 53.9 Å². The molecular weight excluding hydrogens is 381 g/mol. The molecule has 0 aliphatic rings. The summed E-state index contributed by atoms with van der Waals surface area (Å²) in [5.74, 6) is -0.0883. The van der Waals surface area contributed by atoms with Gasteiger partial charge in [0.2, 0.25) is 0 Å². The zero-order chi connectivity index (χ0) is 19.5. The fourth-order valence-corrected chi connectivity index (χ4v) is 3.34. The SMILES string of the molecule is CCOC(=O)CCCCCC[NH2+]C(c1ccc(Cl)cc1)c1ccc(Cl)cc1. The van der Waals surface area contributed by atoms with Gasteiger partial charge in [0, 0.05) is 27.6 Å². The van der Waals surface area contributed by atoms with Crippen LogP contribution in [0, 0.1) is 0 Å². The van der Waals surface area contributed by atoms with Gasteiger partial charge in [0.25, 0.3) is 0 Å². The molecular formula is C22H28Cl2NO2+. The lowest BCUT2D eigenvalue weighted by Gasteiger charge is -2.17. The van der Waals surface area contributed by atoms with Crippen molar-refractivity contribution in [1.82, 2.24) is 0 Å². The number of nitrogens with two attached hydrogens (primary N) is 1. The minimum Gasteiger partial charge on any atom is -0.466 e. The highest BCUT2D eigenvalue weighted by Gasteiger charge is 2.17. The van der Waals surface area contributed by atoms with Crippen molar-refractivity contribution >= 4 is 29.2 Å². The van der Waals surface area contributed by atoms with Gasteiger partial charge in [-0.25, -0.2) is 0 Å². The highest BCUT2D eigenvalue weighted by molar-refractivity contribution is 6.30. The largest absolute Gasteiger partial charge is 0.466 e. The molecule has 0 saturated heterocycles. The third-order valence-electron chi connectivity index (χ3n) is 4.50. The number of hydrogen-bond donors (Lipinski definition) is 1. The van der Waals surface area contributed by atoms with Crippen LogP contribution in [0.15, 0.2) is 48.5 Å². The highest BCUT2D eigenvalue weighted by Crippen LogP contribution is 2.22. The van der Waals surface area contributed by atoms with E-state index in [1.165, 1.54) is 11.1 Å². The number of carbonyl (C=O) groups is 1. The molecule has 2 N–H and O–H groups in total. The number of hydrogen-bond acceptors (Lipinski definition) is 2. The van der Waals surface area contributed by atoms with E-state index in [-0.39, 0.29) is 12.0 Å². The number of esters is 1. The Morgan fingerprint density at radius 1 is 0.889 bits per heavy atom. The summed E-state index contributed by atoms with van der Waals surface area (Å²) in [7, 11) is 0. The van der Waals surface area contributed by atoms with Gasteiger partial charge >= 0.3 is 5.97 Å². The maximum Gasteiger partial charge on any atom is 0.305 e. The molecule has 2 aromatic rings. The summed E-state index contributed by atoms with van der Waals surface area (Å²) in [4.78, 5) is 11.3. The molecule has 0 aromatic heterocycles. The van der Waals surface area contributed by atoms with Gasteiger partial charge in [-0.2, -0.15) is 0 Å². The van der Waals surface area contributed by atoms with E-state index in [1.807, 2.05) is 31.2 Å². The molecule has 0 unspecified atom stereocenters. The topological polar surface area (TPSA) is 42.9 Å². The van der Waals surface area contributed by atoms with Crippen molar-refractivity contribution in [3.05, 3.63) is 69.7 Å². The molecule has 0 amide bonds. The second kappa shape index (κ2) is 12.0. The fraction of sp³-hybridized carbons (Fsp3) is 0.409. The third-order valence-corrected chi connectivity index (χ3v) is 5.00. The van der Waals surface area contributed by atoms with Crippen LogP contribution in [-0.4, -0.2) is 19.1 Å². The Labute approximate surface area is 172 Å². The van der Waals surface area contributed by atoms with E-state index < -0.39 is 0 Å². The Bertz CT molecular complexity index is 641. The molecule has 0 heterocycles. The minimum atomic E-state index is -0.0883. The van der Waals surface area contributed by atoms with E-state index in [4.69, 9.17) is 27.9 Å². The lowest BCUT2D eigenvalue weighted by atomic mass is 9.98. The number of benzene rings is 2. The van der Waals surface area contributed by atoms with Crippen LogP contribution in [0.2, 0.25) is 10.0 Å². The average molecular weight is 409 g/mol. The fourth-order valence-electron chi connectivity index (χ4n) is 3.09. The van der Waals surface area contributed by atoms with Gasteiger partial charge in [0.15, 0.2) is 0 Å². The smallest absolute Gasteiger partial charge is 0.305 e. The van der Waals surface area contributed by atoms with Crippen LogP contribution in [0.4, 0.5) is 0 Å². The number of quaternary nitrogens is 1. The van der Waals surface area contributed by atoms with Crippen molar-refractivity contribution in [3.63, 3.8) is 0 Å². The summed E-state index contributed by atoms with van der Waals surface area (Å²) in [6.45, 7) is 3.32. The molecule has 0 aliphatic heterocycles. The second-order valence-electron chi connectivity index (χ2n) is 6.57. The second-order valence-corrected chi connectivity index (χ2v) is 7.45. The summed E-state index contributed by atoms with van der Waals surface area (Å²) < 4.78 is 4.95.